The number of aliphatic hydroxyl groups is 15. The van der Waals surface area contributed by atoms with E-state index in [-0.39, 0.29) is 51.3 Å². The molecule has 0 radical (unpaired) electrons. The molecule has 16 N–H and O–H groups in total. The van der Waals surface area contributed by atoms with Crippen LogP contribution >= 0.6 is 0 Å². The highest BCUT2D eigenvalue weighted by Crippen LogP contribution is 2.39. The summed E-state index contributed by atoms with van der Waals surface area (Å²) in [6.07, 6.45) is -3.19. The zero-order valence-corrected chi connectivity index (χ0v) is 48.5. The van der Waals surface area contributed by atoms with E-state index in [1.54, 1.807) is 86.8 Å². The average molecular weight is 1200 g/mol. The van der Waals surface area contributed by atoms with Gasteiger partial charge in [-0.2, -0.15) is 0 Å². The second kappa shape index (κ2) is 34.1. The van der Waals surface area contributed by atoms with Gasteiger partial charge in [0, 0.05) is 70.2 Å². The molecular weight excluding hydrogens is 1100 g/mol. The fraction of sp³-hybridized carbons (Fsp3) is 0.729. The van der Waals surface area contributed by atoms with Crippen molar-refractivity contribution in [1.82, 2.24) is 15.1 Å². The molecule has 4 unspecified atom stereocenters. The fourth-order valence-electron chi connectivity index (χ4n) is 11.0. The first-order chi connectivity index (χ1) is 39.8. The van der Waals surface area contributed by atoms with E-state index in [1.165, 1.54) is 17.9 Å². The summed E-state index contributed by atoms with van der Waals surface area (Å²) in [4.78, 5) is 30.9. The minimum atomic E-state index is -2.47. The van der Waals surface area contributed by atoms with Gasteiger partial charge in [0.2, 0.25) is 11.7 Å². The van der Waals surface area contributed by atoms with Gasteiger partial charge in [0.25, 0.3) is 0 Å². The Balaban J connectivity index is 1.44. The first kappa shape index (κ1) is 71.0. The first-order valence-electron chi connectivity index (χ1n) is 29.2. The summed E-state index contributed by atoms with van der Waals surface area (Å²) >= 11 is 0. The van der Waals surface area contributed by atoms with Gasteiger partial charge in [-0.25, -0.2) is 0 Å². The van der Waals surface area contributed by atoms with Gasteiger partial charge in [0.05, 0.1) is 105 Å². The molecule has 0 saturated carbocycles. The van der Waals surface area contributed by atoms with Crippen LogP contribution in [-0.2, 0) is 33.3 Å². The Kier molecular flexibility index (Phi) is 28.9. The highest BCUT2D eigenvalue weighted by molar-refractivity contribution is 5.80. The number of esters is 1. The summed E-state index contributed by atoms with van der Waals surface area (Å²) in [5.41, 5.74) is 0. The largest absolute Gasteiger partial charge is 0.462 e. The van der Waals surface area contributed by atoms with E-state index in [0.717, 1.165) is 0 Å². The number of allylic oxidation sites excluding steroid dienone is 12. The van der Waals surface area contributed by atoms with Crippen molar-refractivity contribution >= 4 is 11.9 Å². The average Bonchev–Trinajstić information content (AvgIpc) is 2.40. The quantitative estimate of drug-likeness (QED) is 0.109. The number of β-amino-alcohol motifs (C(OH)–C–C–N with tert-alkyl or cyclic N) is 1. The van der Waals surface area contributed by atoms with Crippen LogP contribution in [0.3, 0.4) is 0 Å². The molecule has 0 aromatic heterocycles. The molecule has 5 aliphatic heterocycles. The van der Waals surface area contributed by atoms with Crippen LogP contribution in [0.4, 0.5) is 0 Å². The molecule has 0 spiro atoms. The lowest BCUT2D eigenvalue weighted by atomic mass is 9.81. The molecule has 25 nitrogen and oxygen atoms in total. The van der Waals surface area contributed by atoms with E-state index >= 15 is 0 Å². The third kappa shape index (κ3) is 21.3. The molecule has 5 heterocycles. The standard InChI is InChI=1S/C59H95N3O22/c1-35-17-15-13-11-9-7-5-6-8-10-12-14-16-18-42(83-57-54(75)50(52(73)38(4)82-57)60-34-59(79)55(76)53(74)46(70)33-80-59)30-47-49(56(77)62-23-21-61(22-24-62)25-26-63)45(69)32-58(78,84-47)31-41(66)28-44(68)43(67)20-19-39(64)27-40(65)29-48(71)81-37(3)36(2)51(35)72/h5-18,35-47,49-55,57,60,63-70,72-76,78-79H,19-34H2,1-4H3/b6-5+,9-7+,10-8+,13-11+,14-12+,17-15+,18-16+/t35-,36?,37-,38+,39+,40+,41-,42-,43+,44+,45-,46+,47?,49?,50-,51+,52+,53+,54-,55-,57?,58+,59+/m0/s1. The lowest BCUT2D eigenvalue weighted by Crippen LogP contribution is -2.69. The number of hydrogen-bond acceptors (Lipinski definition) is 24. The SMILES string of the molecule is CC1[C@H](C)OC(=O)C[C@H](O)C[C@H](O)CC[C@@H](O)[C@H](O)C[C@H](O)C[C@]2(O)C[C@H](O)C(C(=O)N3CCN(CCO)CC3)C(C[C@@H](OC3O[C@H](C)[C@@H](O)[C@H](NC[C@@]4(O)OC[C@@H](O)[C@@H](O)[C@@H]4O)[C@@H]3O)/C=C/C=C/C=C/C=C/C=C/C=C/C=C/[C@H](C)[C@H]1O)O2. The number of ether oxygens (including phenoxy) is 5. The monoisotopic (exact) mass is 1200 g/mol. The van der Waals surface area contributed by atoms with Crippen LogP contribution in [-0.4, -0.2) is 272 Å². The number of carbonyl (C=O) groups is 2. The van der Waals surface area contributed by atoms with E-state index in [4.69, 9.17) is 23.7 Å². The number of cyclic esters (lactones) is 1. The Morgan fingerprint density at radius 3 is 1.88 bits per heavy atom. The summed E-state index contributed by atoms with van der Waals surface area (Å²) in [6.45, 7) is 7.01. The summed E-state index contributed by atoms with van der Waals surface area (Å²) in [5, 5.41) is 167. The van der Waals surface area contributed by atoms with Crippen molar-refractivity contribution in [2.24, 2.45) is 17.8 Å². The number of rotatable bonds is 8. The predicted octanol–water partition coefficient (Wildman–Crippen LogP) is -2.80. The number of nitrogens with one attached hydrogen (secondary N) is 1. The maximum atomic E-state index is 14.6. The number of carbonyl (C=O) groups excluding carboxylic acids is 2. The number of aliphatic hydroxyl groups excluding tert-OH is 13. The first-order valence-corrected chi connectivity index (χ1v) is 29.2. The van der Waals surface area contributed by atoms with Crippen molar-refractivity contribution in [3.05, 3.63) is 85.1 Å². The van der Waals surface area contributed by atoms with Crippen molar-refractivity contribution in [1.29, 1.82) is 0 Å². The van der Waals surface area contributed by atoms with Crippen LogP contribution in [0, 0.1) is 17.8 Å². The topological polar surface area (TPSA) is 402 Å². The number of fused-ring (bicyclic) bond motifs is 2. The zero-order valence-electron chi connectivity index (χ0n) is 48.5. The third-order valence-electron chi connectivity index (χ3n) is 16.3. The van der Waals surface area contributed by atoms with Crippen LogP contribution in [0.1, 0.15) is 79.1 Å². The van der Waals surface area contributed by atoms with Crippen molar-refractivity contribution < 1.29 is 110 Å². The van der Waals surface area contributed by atoms with E-state index in [1.807, 2.05) is 17.9 Å². The molecular formula is C59H95N3O22. The Morgan fingerprint density at radius 1 is 0.655 bits per heavy atom. The smallest absolute Gasteiger partial charge is 0.308 e. The number of piperazine rings is 1. The molecule has 2 bridgehead atoms. The van der Waals surface area contributed by atoms with E-state index < -0.39 is 184 Å². The molecule has 1 amide bonds. The maximum absolute atomic E-state index is 14.6. The highest BCUT2D eigenvalue weighted by atomic mass is 16.7. The molecule has 478 valence electrons. The van der Waals surface area contributed by atoms with Crippen LogP contribution in [0.5, 0.6) is 0 Å². The fourth-order valence-corrected chi connectivity index (χ4v) is 11.0. The Labute approximate surface area is 491 Å². The Bertz CT molecular complexity index is 2210. The molecule has 25 heteroatoms. The maximum Gasteiger partial charge on any atom is 0.308 e. The van der Waals surface area contributed by atoms with Gasteiger partial charge >= 0.3 is 5.97 Å². The van der Waals surface area contributed by atoms with Gasteiger partial charge in [-0.05, 0) is 33.1 Å². The van der Waals surface area contributed by atoms with Crippen molar-refractivity contribution in [3.63, 3.8) is 0 Å². The molecule has 84 heavy (non-hydrogen) atoms. The molecule has 0 aromatic carbocycles. The molecule has 0 aliphatic carbocycles. The highest BCUT2D eigenvalue weighted by Gasteiger charge is 2.53. The molecule has 4 saturated heterocycles. The van der Waals surface area contributed by atoms with Gasteiger partial charge in [0.15, 0.2) is 12.1 Å². The lowest BCUT2D eigenvalue weighted by molar-refractivity contribution is -0.323. The molecule has 5 aliphatic rings. The van der Waals surface area contributed by atoms with Crippen LogP contribution in [0.2, 0.25) is 0 Å². The minimum Gasteiger partial charge on any atom is -0.462 e. The van der Waals surface area contributed by atoms with Crippen molar-refractivity contribution in [2.45, 2.75) is 201 Å². The van der Waals surface area contributed by atoms with Gasteiger partial charge in [0.1, 0.15) is 30.5 Å². The van der Waals surface area contributed by atoms with E-state index in [9.17, 15) is 86.2 Å². The van der Waals surface area contributed by atoms with Gasteiger partial charge in [-0.3, -0.25) is 14.5 Å². The minimum absolute atomic E-state index is 0.0956. The second-order valence-electron chi connectivity index (χ2n) is 23.1. The molecule has 23 atom stereocenters. The van der Waals surface area contributed by atoms with Gasteiger partial charge < -0.3 is 110 Å². The molecule has 0 aromatic rings. The molecule has 4 fully saturated rings. The molecule has 5 rings (SSSR count). The van der Waals surface area contributed by atoms with E-state index in [2.05, 4.69) is 5.32 Å². The Morgan fingerprint density at radius 2 is 1.26 bits per heavy atom. The van der Waals surface area contributed by atoms with Gasteiger partial charge in [-0.1, -0.05) is 98.9 Å². The van der Waals surface area contributed by atoms with E-state index in [0.29, 0.717) is 19.6 Å². The van der Waals surface area contributed by atoms with Crippen LogP contribution in [0.25, 0.3) is 0 Å². The predicted molar refractivity (Wildman–Crippen MR) is 302 cm³/mol. The number of amides is 1. The number of hydrogen-bond donors (Lipinski definition) is 16. The van der Waals surface area contributed by atoms with Gasteiger partial charge in [-0.15, -0.1) is 0 Å². The summed E-state index contributed by atoms with van der Waals surface area (Å²) in [7, 11) is 0. The third-order valence-corrected chi connectivity index (χ3v) is 16.3. The van der Waals surface area contributed by atoms with Crippen molar-refractivity contribution in [3.8, 4) is 0 Å². The Hall–Kier alpha value is -3.72. The lowest BCUT2D eigenvalue weighted by Gasteiger charge is -2.48. The second-order valence-corrected chi connectivity index (χ2v) is 23.1. The summed E-state index contributed by atoms with van der Waals surface area (Å²) < 4.78 is 29.6. The van der Waals surface area contributed by atoms with Crippen molar-refractivity contribution in [2.75, 3.05) is 52.5 Å². The number of nitrogens with zero attached hydrogens (tertiary/aromatic N) is 2. The summed E-state index contributed by atoms with van der Waals surface area (Å²) in [5.74, 6) is -8.28. The normalized spacial score (nSPS) is 44.8. The zero-order chi connectivity index (χ0) is 61.9. The summed E-state index contributed by atoms with van der Waals surface area (Å²) in [6, 6.07) is -1.35. The van der Waals surface area contributed by atoms with Crippen LogP contribution < -0.4 is 5.32 Å². The van der Waals surface area contributed by atoms with Crippen LogP contribution in [0.15, 0.2) is 85.1 Å².